The molecule has 0 fully saturated rings. The minimum atomic E-state index is -0.332. The van der Waals surface area contributed by atoms with Crippen molar-refractivity contribution >= 4 is 34.2 Å². The zero-order valence-electron chi connectivity index (χ0n) is 13.6. The molecule has 0 unspecified atom stereocenters. The molecule has 0 radical (unpaired) electrons. The van der Waals surface area contributed by atoms with Crippen molar-refractivity contribution in [2.24, 2.45) is 0 Å². The van der Waals surface area contributed by atoms with Crippen LogP contribution >= 0.6 is 11.8 Å². The number of carbonyl (C=O) groups is 1. The minimum absolute atomic E-state index is 0.149. The highest BCUT2D eigenvalue weighted by atomic mass is 32.2. The Morgan fingerprint density at radius 1 is 1.15 bits per heavy atom. The third kappa shape index (κ3) is 3.36. The summed E-state index contributed by atoms with van der Waals surface area (Å²) < 4.78 is 15.2. The predicted octanol–water partition coefficient (Wildman–Crippen LogP) is 2.83. The molecule has 6 nitrogen and oxygen atoms in total. The zero-order chi connectivity index (χ0) is 17.9. The van der Waals surface area contributed by atoms with Gasteiger partial charge < -0.3 is 5.32 Å². The molecule has 4 rings (SSSR count). The molecule has 0 saturated heterocycles. The van der Waals surface area contributed by atoms with Crippen molar-refractivity contribution in [2.75, 3.05) is 5.75 Å². The lowest BCUT2D eigenvalue weighted by Crippen LogP contribution is -2.25. The van der Waals surface area contributed by atoms with Gasteiger partial charge in [0.05, 0.1) is 11.3 Å². The van der Waals surface area contributed by atoms with Crippen molar-refractivity contribution in [3.63, 3.8) is 0 Å². The molecule has 26 heavy (non-hydrogen) atoms. The number of nitrogens with zero attached hydrogens (tertiary/aromatic N) is 4. The van der Waals surface area contributed by atoms with Crippen LogP contribution in [0.15, 0.2) is 60.0 Å². The molecule has 0 aliphatic carbocycles. The van der Waals surface area contributed by atoms with E-state index < -0.39 is 0 Å². The van der Waals surface area contributed by atoms with Gasteiger partial charge in [-0.2, -0.15) is 0 Å². The fraction of sp³-hybridized carbons (Fsp3) is 0.111. The number of amides is 1. The fourth-order valence-electron chi connectivity index (χ4n) is 2.54. The number of carbonyl (C=O) groups excluding carboxylic acids is 1. The zero-order valence-corrected chi connectivity index (χ0v) is 14.4. The van der Waals surface area contributed by atoms with E-state index in [-0.39, 0.29) is 24.0 Å². The molecule has 4 aromatic rings. The van der Waals surface area contributed by atoms with Gasteiger partial charge in [-0.25, -0.2) is 18.9 Å². The number of rotatable bonds is 5. The maximum atomic E-state index is 13.6. The van der Waals surface area contributed by atoms with E-state index in [0.29, 0.717) is 16.4 Å². The van der Waals surface area contributed by atoms with Crippen LogP contribution in [0.1, 0.15) is 5.56 Å². The lowest BCUT2D eigenvalue weighted by molar-refractivity contribution is -0.118. The van der Waals surface area contributed by atoms with Gasteiger partial charge in [-0.3, -0.25) is 4.79 Å². The number of hydrogen-bond donors (Lipinski definition) is 1. The first kappa shape index (κ1) is 16.5. The van der Waals surface area contributed by atoms with E-state index in [9.17, 15) is 9.18 Å². The number of benzene rings is 2. The maximum Gasteiger partial charge on any atom is 0.230 e. The van der Waals surface area contributed by atoms with Crippen molar-refractivity contribution in [1.82, 2.24) is 24.9 Å². The first-order valence-corrected chi connectivity index (χ1v) is 8.92. The molecule has 130 valence electrons. The third-order valence-electron chi connectivity index (χ3n) is 3.83. The monoisotopic (exact) mass is 367 g/mol. The molecule has 0 saturated carbocycles. The minimum Gasteiger partial charge on any atom is -0.351 e. The van der Waals surface area contributed by atoms with Gasteiger partial charge in [0.15, 0.2) is 5.65 Å². The molecule has 2 heterocycles. The molecule has 2 aromatic carbocycles. The first-order chi connectivity index (χ1) is 12.7. The number of aromatic nitrogens is 4. The molecular formula is C18H14FN5OS. The van der Waals surface area contributed by atoms with E-state index in [1.54, 1.807) is 29.0 Å². The summed E-state index contributed by atoms with van der Waals surface area (Å²) in [5, 5.41) is 8.42. The Hall–Kier alpha value is -3.00. The highest BCUT2D eigenvalue weighted by molar-refractivity contribution is 7.99. The number of nitrogens with one attached hydrogen (secondary N) is 1. The number of fused-ring (bicyclic) bond motifs is 3. The standard InChI is InChI=1S/C18H14FN5OS/c19-14-7-3-1-5-12(14)9-20-16(25)10-26-18-22-17-13-6-2-4-8-15(13)21-11-24(17)23-18/h1-8,11H,9-10H2,(H,20,25). The van der Waals surface area contributed by atoms with Crippen molar-refractivity contribution in [1.29, 1.82) is 0 Å². The highest BCUT2D eigenvalue weighted by Crippen LogP contribution is 2.20. The second-order valence-corrected chi connectivity index (χ2v) is 6.52. The summed E-state index contributed by atoms with van der Waals surface area (Å²) in [4.78, 5) is 20.8. The smallest absolute Gasteiger partial charge is 0.230 e. The molecule has 1 N–H and O–H groups in total. The topological polar surface area (TPSA) is 72.2 Å². The van der Waals surface area contributed by atoms with Gasteiger partial charge in [0, 0.05) is 17.5 Å². The average Bonchev–Trinajstić information content (AvgIpc) is 3.09. The van der Waals surface area contributed by atoms with Crippen LogP contribution in [0.25, 0.3) is 16.6 Å². The summed E-state index contributed by atoms with van der Waals surface area (Å²) >= 11 is 1.23. The Kier molecular flexibility index (Phi) is 4.49. The highest BCUT2D eigenvalue weighted by Gasteiger charge is 2.11. The first-order valence-electron chi connectivity index (χ1n) is 7.94. The second kappa shape index (κ2) is 7.09. The van der Waals surface area contributed by atoms with E-state index in [4.69, 9.17) is 0 Å². The van der Waals surface area contributed by atoms with Gasteiger partial charge in [-0.15, -0.1) is 5.10 Å². The van der Waals surface area contributed by atoms with Crippen LogP contribution in [0.4, 0.5) is 4.39 Å². The van der Waals surface area contributed by atoms with Crippen LogP contribution in [0, 0.1) is 5.82 Å². The van der Waals surface area contributed by atoms with Crippen molar-refractivity contribution in [2.45, 2.75) is 11.7 Å². The molecule has 0 spiro atoms. The largest absolute Gasteiger partial charge is 0.351 e. The molecule has 0 bridgehead atoms. The normalized spacial score (nSPS) is 11.1. The van der Waals surface area contributed by atoms with E-state index in [0.717, 1.165) is 10.9 Å². The summed E-state index contributed by atoms with van der Waals surface area (Å²) in [7, 11) is 0. The number of halogens is 1. The number of para-hydroxylation sites is 1. The summed E-state index contributed by atoms with van der Waals surface area (Å²) in [6.07, 6.45) is 1.60. The van der Waals surface area contributed by atoms with Crippen molar-refractivity contribution in [3.05, 3.63) is 66.2 Å². The van der Waals surface area contributed by atoms with E-state index >= 15 is 0 Å². The molecule has 8 heteroatoms. The lowest BCUT2D eigenvalue weighted by Gasteiger charge is -2.05. The molecular weight excluding hydrogens is 353 g/mol. The average molecular weight is 367 g/mol. The third-order valence-corrected chi connectivity index (χ3v) is 4.67. The van der Waals surface area contributed by atoms with Crippen LogP contribution in [-0.2, 0) is 11.3 Å². The summed E-state index contributed by atoms with van der Waals surface area (Å²) in [5.74, 6) is -0.390. The van der Waals surface area contributed by atoms with Gasteiger partial charge in [0.25, 0.3) is 0 Å². The quantitative estimate of drug-likeness (QED) is 0.549. The van der Waals surface area contributed by atoms with Crippen LogP contribution in [0.3, 0.4) is 0 Å². The van der Waals surface area contributed by atoms with Gasteiger partial charge >= 0.3 is 0 Å². The molecule has 0 aliphatic rings. The summed E-state index contributed by atoms with van der Waals surface area (Å²) in [5.41, 5.74) is 1.99. The fourth-order valence-corrected chi connectivity index (χ4v) is 3.20. The SMILES string of the molecule is O=C(CSc1nc2c3ccccc3ncn2n1)NCc1ccccc1F. The van der Waals surface area contributed by atoms with Crippen LogP contribution in [-0.4, -0.2) is 31.2 Å². The Morgan fingerprint density at radius 2 is 1.96 bits per heavy atom. The van der Waals surface area contributed by atoms with E-state index in [2.05, 4.69) is 20.4 Å². The van der Waals surface area contributed by atoms with Crippen LogP contribution in [0.2, 0.25) is 0 Å². The lowest BCUT2D eigenvalue weighted by atomic mass is 10.2. The molecule has 0 aliphatic heterocycles. The maximum absolute atomic E-state index is 13.6. The van der Waals surface area contributed by atoms with Crippen molar-refractivity contribution < 1.29 is 9.18 Å². The number of hydrogen-bond acceptors (Lipinski definition) is 5. The van der Waals surface area contributed by atoms with Crippen molar-refractivity contribution in [3.8, 4) is 0 Å². The molecule has 2 aromatic heterocycles. The van der Waals surface area contributed by atoms with Crippen LogP contribution in [0.5, 0.6) is 0 Å². The van der Waals surface area contributed by atoms with E-state index in [1.165, 1.54) is 17.8 Å². The van der Waals surface area contributed by atoms with Crippen LogP contribution < -0.4 is 5.32 Å². The summed E-state index contributed by atoms with van der Waals surface area (Å²) in [6, 6.07) is 14.0. The Morgan fingerprint density at radius 3 is 2.85 bits per heavy atom. The molecule has 1 amide bonds. The summed E-state index contributed by atoms with van der Waals surface area (Å²) in [6.45, 7) is 0.152. The Bertz CT molecular complexity index is 1100. The van der Waals surface area contributed by atoms with E-state index in [1.807, 2.05) is 24.3 Å². The Balaban J connectivity index is 1.42. The Labute approximate surface area is 152 Å². The van der Waals surface area contributed by atoms with Gasteiger partial charge in [0.2, 0.25) is 11.1 Å². The second-order valence-electron chi connectivity index (χ2n) is 5.58. The van der Waals surface area contributed by atoms with Gasteiger partial charge in [0.1, 0.15) is 12.1 Å². The molecule has 0 atom stereocenters. The van der Waals surface area contributed by atoms with Gasteiger partial charge in [-0.05, 0) is 18.2 Å². The number of thioether (sulfide) groups is 1. The van der Waals surface area contributed by atoms with Gasteiger partial charge in [-0.1, -0.05) is 42.1 Å². The predicted molar refractivity (Wildman–Crippen MR) is 97.3 cm³/mol.